The second-order valence-electron chi connectivity index (χ2n) is 4.58. The zero-order chi connectivity index (χ0) is 13.1. The molecule has 0 amide bonds. The molecule has 3 rings (SSSR count). The Balaban J connectivity index is 1.75. The van der Waals surface area contributed by atoms with Crippen LogP contribution in [0, 0.1) is 0 Å². The monoisotopic (exact) mass is 269 g/mol. The van der Waals surface area contributed by atoms with E-state index in [1.165, 1.54) is 11.1 Å². The summed E-state index contributed by atoms with van der Waals surface area (Å²) < 4.78 is 2.08. The van der Waals surface area contributed by atoms with Gasteiger partial charge in [0.05, 0.1) is 12.4 Å². The molecule has 4 heteroatoms. The first kappa shape index (κ1) is 12.1. The highest BCUT2D eigenvalue weighted by atomic mass is 32.1. The lowest BCUT2D eigenvalue weighted by atomic mass is 10.1. The summed E-state index contributed by atoms with van der Waals surface area (Å²) in [5.41, 5.74) is 3.64. The molecule has 0 N–H and O–H groups in total. The Morgan fingerprint density at radius 2 is 2.26 bits per heavy atom. The Bertz CT molecular complexity index is 612. The third-order valence-electron chi connectivity index (χ3n) is 3.27. The second-order valence-corrected chi connectivity index (χ2v) is 5.36. The molecule has 96 valence electrons. The van der Waals surface area contributed by atoms with E-state index in [0.717, 1.165) is 12.1 Å². The molecule has 1 atom stereocenters. The fourth-order valence-electron chi connectivity index (χ4n) is 2.06. The molecule has 0 saturated carbocycles. The Labute approximate surface area is 116 Å². The van der Waals surface area contributed by atoms with Crippen LogP contribution in [0.2, 0.25) is 0 Å². The van der Waals surface area contributed by atoms with Crippen LogP contribution in [0.1, 0.15) is 29.8 Å². The van der Waals surface area contributed by atoms with Crippen molar-refractivity contribution in [3.05, 3.63) is 70.7 Å². The van der Waals surface area contributed by atoms with Gasteiger partial charge in [0.1, 0.15) is 0 Å². The molecule has 3 nitrogen and oxygen atoms in total. The molecule has 1 unspecified atom stereocenters. The van der Waals surface area contributed by atoms with E-state index in [1.54, 1.807) is 17.5 Å². The summed E-state index contributed by atoms with van der Waals surface area (Å²) in [6.45, 7) is 2.15. The summed E-state index contributed by atoms with van der Waals surface area (Å²) in [6.07, 6.45) is 8.48. The van der Waals surface area contributed by atoms with Gasteiger partial charge < -0.3 is 4.57 Å². The highest BCUT2D eigenvalue weighted by Gasteiger charge is 2.07. The van der Waals surface area contributed by atoms with Gasteiger partial charge in [0.25, 0.3) is 0 Å². The van der Waals surface area contributed by atoms with E-state index in [-0.39, 0.29) is 6.04 Å². The van der Waals surface area contributed by atoms with Crippen molar-refractivity contribution in [2.45, 2.75) is 19.4 Å². The minimum absolute atomic E-state index is 0.269. The van der Waals surface area contributed by atoms with Gasteiger partial charge in [-0.2, -0.15) is 11.3 Å². The highest BCUT2D eigenvalue weighted by Crippen LogP contribution is 2.18. The summed E-state index contributed by atoms with van der Waals surface area (Å²) in [6, 6.07) is 6.68. The van der Waals surface area contributed by atoms with Crippen molar-refractivity contribution in [3.8, 4) is 0 Å². The van der Waals surface area contributed by atoms with Crippen molar-refractivity contribution < 1.29 is 0 Å². The summed E-state index contributed by atoms with van der Waals surface area (Å²) in [5, 5.41) is 4.27. The third kappa shape index (κ3) is 2.74. The van der Waals surface area contributed by atoms with E-state index in [1.807, 2.05) is 18.7 Å². The van der Waals surface area contributed by atoms with Gasteiger partial charge in [-0.1, -0.05) is 6.07 Å². The maximum absolute atomic E-state index is 4.56. The van der Waals surface area contributed by atoms with E-state index in [9.17, 15) is 0 Å². The van der Waals surface area contributed by atoms with Gasteiger partial charge >= 0.3 is 0 Å². The molecule has 3 aromatic heterocycles. The summed E-state index contributed by atoms with van der Waals surface area (Å²) >= 11 is 1.73. The van der Waals surface area contributed by atoms with E-state index in [0.29, 0.717) is 0 Å². The first-order valence-corrected chi connectivity index (χ1v) is 7.20. The van der Waals surface area contributed by atoms with Crippen molar-refractivity contribution in [1.82, 2.24) is 14.5 Å². The predicted octanol–water partition coefficient (Wildman–Crippen LogP) is 3.54. The molecule has 0 aliphatic heterocycles. The van der Waals surface area contributed by atoms with Crippen molar-refractivity contribution in [2.24, 2.45) is 0 Å². The normalized spacial score (nSPS) is 12.5. The zero-order valence-corrected chi connectivity index (χ0v) is 11.5. The van der Waals surface area contributed by atoms with Crippen LogP contribution < -0.4 is 0 Å². The van der Waals surface area contributed by atoms with Gasteiger partial charge in [-0.15, -0.1) is 0 Å². The molecular formula is C15H15N3S. The molecule has 0 aliphatic carbocycles. The van der Waals surface area contributed by atoms with Crippen LogP contribution in [0.4, 0.5) is 0 Å². The summed E-state index contributed by atoms with van der Waals surface area (Å²) in [4.78, 5) is 8.64. The van der Waals surface area contributed by atoms with Crippen LogP contribution in [-0.4, -0.2) is 14.5 Å². The van der Waals surface area contributed by atoms with Crippen LogP contribution in [0.3, 0.4) is 0 Å². The lowest BCUT2D eigenvalue weighted by Gasteiger charge is -2.13. The van der Waals surface area contributed by atoms with E-state index in [2.05, 4.69) is 50.4 Å². The Hall–Kier alpha value is -1.94. The van der Waals surface area contributed by atoms with E-state index >= 15 is 0 Å². The average Bonchev–Trinajstić information content (AvgIpc) is 3.12. The number of thiophene rings is 1. The Morgan fingerprint density at radius 1 is 1.32 bits per heavy atom. The molecule has 0 aliphatic rings. The summed E-state index contributed by atoms with van der Waals surface area (Å²) in [5.74, 6) is 0. The second kappa shape index (κ2) is 5.36. The number of imidazole rings is 1. The van der Waals surface area contributed by atoms with Gasteiger partial charge in [-0.25, -0.2) is 4.98 Å². The van der Waals surface area contributed by atoms with Crippen LogP contribution in [-0.2, 0) is 6.42 Å². The fourth-order valence-corrected chi connectivity index (χ4v) is 2.73. The molecule has 0 spiro atoms. The van der Waals surface area contributed by atoms with Gasteiger partial charge in [0.15, 0.2) is 0 Å². The minimum Gasteiger partial charge on any atom is -0.330 e. The SMILES string of the molecule is CC(c1ccc(Cc2ccsc2)nc1)n1ccnc1. The lowest BCUT2D eigenvalue weighted by Crippen LogP contribution is -2.05. The van der Waals surface area contributed by atoms with Crippen molar-refractivity contribution in [1.29, 1.82) is 0 Å². The smallest absolute Gasteiger partial charge is 0.0951 e. The molecule has 0 saturated heterocycles. The number of aromatic nitrogens is 3. The van der Waals surface area contributed by atoms with Crippen molar-refractivity contribution in [3.63, 3.8) is 0 Å². The van der Waals surface area contributed by atoms with E-state index in [4.69, 9.17) is 0 Å². The molecule has 0 aromatic carbocycles. The summed E-state index contributed by atoms with van der Waals surface area (Å²) in [7, 11) is 0. The zero-order valence-electron chi connectivity index (χ0n) is 10.7. The molecule has 0 bridgehead atoms. The Morgan fingerprint density at radius 3 is 2.89 bits per heavy atom. The molecule has 19 heavy (non-hydrogen) atoms. The molecule has 0 radical (unpaired) electrons. The average molecular weight is 269 g/mol. The number of hydrogen-bond donors (Lipinski definition) is 0. The number of hydrogen-bond acceptors (Lipinski definition) is 3. The van der Waals surface area contributed by atoms with Gasteiger partial charge in [0, 0.05) is 30.7 Å². The highest BCUT2D eigenvalue weighted by molar-refractivity contribution is 7.07. The largest absolute Gasteiger partial charge is 0.330 e. The minimum atomic E-state index is 0.269. The van der Waals surface area contributed by atoms with Crippen molar-refractivity contribution in [2.75, 3.05) is 0 Å². The van der Waals surface area contributed by atoms with Crippen molar-refractivity contribution >= 4 is 11.3 Å². The third-order valence-corrected chi connectivity index (χ3v) is 4.00. The van der Waals surface area contributed by atoms with Gasteiger partial charge in [0.2, 0.25) is 0 Å². The standard InChI is InChI=1S/C15H15N3S/c1-12(18-6-5-16-11-18)14-2-3-15(17-9-14)8-13-4-7-19-10-13/h2-7,9-12H,8H2,1H3. The topological polar surface area (TPSA) is 30.7 Å². The van der Waals surface area contributed by atoms with Crippen LogP contribution >= 0.6 is 11.3 Å². The first-order chi connectivity index (χ1) is 9.33. The number of nitrogens with zero attached hydrogens (tertiary/aromatic N) is 3. The van der Waals surface area contributed by atoms with E-state index < -0.39 is 0 Å². The van der Waals surface area contributed by atoms with Crippen LogP contribution in [0.25, 0.3) is 0 Å². The fraction of sp³-hybridized carbons (Fsp3) is 0.200. The molecular weight excluding hydrogens is 254 g/mol. The Kier molecular flexibility index (Phi) is 3.42. The van der Waals surface area contributed by atoms with Crippen LogP contribution in [0.5, 0.6) is 0 Å². The molecule has 3 aromatic rings. The lowest BCUT2D eigenvalue weighted by molar-refractivity contribution is 0.635. The van der Waals surface area contributed by atoms with Crippen LogP contribution in [0.15, 0.2) is 53.9 Å². The van der Waals surface area contributed by atoms with Gasteiger partial charge in [-0.05, 0) is 40.9 Å². The quantitative estimate of drug-likeness (QED) is 0.725. The number of rotatable bonds is 4. The first-order valence-electron chi connectivity index (χ1n) is 6.26. The number of pyridine rings is 1. The molecule has 0 fully saturated rings. The maximum Gasteiger partial charge on any atom is 0.0951 e. The molecule has 3 heterocycles. The van der Waals surface area contributed by atoms with Gasteiger partial charge in [-0.3, -0.25) is 4.98 Å². The maximum atomic E-state index is 4.56. The predicted molar refractivity (Wildman–Crippen MR) is 77.4 cm³/mol.